The first-order valence-electron chi connectivity index (χ1n) is 4.41. The molecule has 0 bridgehead atoms. The van der Waals surface area contributed by atoms with Crippen molar-refractivity contribution in [2.75, 3.05) is 6.54 Å². The zero-order valence-corrected chi connectivity index (χ0v) is 10.7. The normalized spacial score (nSPS) is 9.80. The van der Waals surface area contributed by atoms with Crippen molar-refractivity contribution in [3.63, 3.8) is 0 Å². The highest BCUT2D eigenvalue weighted by Gasteiger charge is 2.11. The fourth-order valence-corrected chi connectivity index (χ4v) is 1.88. The third kappa shape index (κ3) is 3.08. The molecule has 0 aliphatic carbocycles. The molecule has 1 rings (SSSR count). The molecule has 1 aromatic rings. The largest absolute Gasteiger partial charge is 0.349 e. The standard InChI is InChI=1S/C11H11BrClNO/c1-3-4-14-11(15)8-6-10(13)7(2)5-9(8)12/h3,5-6H,1,4H2,2H3,(H,14,15). The molecule has 0 aliphatic rings. The van der Waals surface area contributed by atoms with Crippen LogP contribution in [0, 0.1) is 6.92 Å². The molecule has 0 aromatic heterocycles. The number of carbonyl (C=O) groups excluding carboxylic acids is 1. The first-order chi connectivity index (χ1) is 7.06. The van der Waals surface area contributed by atoms with Crippen LogP contribution in [0.25, 0.3) is 0 Å². The van der Waals surface area contributed by atoms with Gasteiger partial charge in [0.25, 0.3) is 5.91 Å². The third-order valence-corrected chi connectivity index (χ3v) is 2.96. The topological polar surface area (TPSA) is 29.1 Å². The minimum absolute atomic E-state index is 0.163. The van der Waals surface area contributed by atoms with E-state index in [1.165, 1.54) is 0 Å². The number of amides is 1. The summed E-state index contributed by atoms with van der Waals surface area (Å²) in [6.45, 7) is 5.86. The average Bonchev–Trinajstić information content (AvgIpc) is 2.20. The molecule has 0 aliphatic heterocycles. The Hall–Kier alpha value is -0.800. The van der Waals surface area contributed by atoms with E-state index in [1.807, 2.05) is 13.0 Å². The molecule has 4 heteroatoms. The van der Waals surface area contributed by atoms with Gasteiger partial charge in [0.05, 0.1) is 5.56 Å². The molecule has 0 radical (unpaired) electrons. The molecule has 0 saturated carbocycles. The summed E-state index contributed by atoms with van der Waals surface area (Å²) in [4.78, 5) is 11.6. The van der Waals surface area contributed by atoms with E-state index in [0.717, 1.165) is 10.0 Å². The van der Waals surface area contributed by atoms with Crippen molar-refractivity contribution in [2.45, 2.75) is 6.92 Å². The first-order valence-corrected chi connectivity index (χ1v) is 5.58. The van der Waals surface area contributed by atoms with E-state index in [4.69, 9.17) is 11.6 Å². The Bertz CT molecular complexity index is 404. The predicted molar refractivity (Wildman–Crippen MR) is 66.4 cm³/mol. The molecule has 2 nitrogen and oxygen atoms in total. The van der Waals surface area contributed by atoms with Crippen molar-refractivity contribution in [3.8, 4) is 0 Å². The average molecular weight is 289 g/mol. The Morgan fingerprint density at radius 2 is 2.33 bits per heavy atom. The van der Waals surface area contributed by atoms with E-state index in [0.29, 0.717) is 17.1 Å². The smallest absolute Gasteiger partial charge is 0.252 e. The molecule has 1 N–H and O–H groups in total. The van der Waals surface area contributed by atoms with Gasteiger partial charge in [0.15, 0.2) is 0 Å². The van der Waals surface area contributed by atoms with Crippen LogP contribution in [-0.2, 0) is 0 Å². The highest BCUT2D eigenvalue weighted by atomic mass is 79.9. The summed E-state index contributed by atoms with van der Waals surface area (Å²) in [5.74, 6) is -0.163. The number of carbonyl (C=O) groups is 1. The zero-order chi connectivity index (χ0) is 11.4. The molecule has 1 amide bonds. The lowest BCUT2D eigenvalue weighted by Gasteiger charge is -2.07. The number of halogens is 2. The minimum atomic E-state index is -0.163. The summed E-state index contributed by atoms with van der Waals surface area (Å²) < 4.78 is 0.742. The first kappa shape index (κ1) is 12.3. The van der Waals surface area contributed by atoms with Gasteiger partial charge in [-0.15, -0.1) is 6.58 Å². The van der Waals surface area contributed by atoms with Crippen LogP contribution in [0.5, 0.6) is 0 Å². The van der Waals surface area contributed by atoms with Crippen LogP contribution < -0.4 is 5.32 Å². The molecule has 0 heterocycles. The van der Waals surface area contributed by atoms with Crippen LogP contribution in [-0.4, -0.2) is 12.5 Å². The van der Waals surface area contributed by atoms with E-state index in [-0.39, 0.29) is 5.91 Å². The Morgan fingerprint density at radius 1 is 1.67 bits per heavy atom. The summed E-state index contributed by atoms with van der Waals surface area (Å²) in [5.41, 5.74) is 1.47. The van der Waals surface area contributed by atoms with Crippen LogP contribution in [0.1, 0.15) is 15.9 Å². The lowest BCUT2D eigenvalue weighted by Crippen LogP contribution is -2.23. The van der Waals surface area contributed by atoms with E-state index in [9.17, 15) is 4.79 Å². The highest BCUT2D eigenvalue weighted by molar-refractivity contribution is 9.10. The van der Waals surface area contributed by atoms with E-state index in [1.54, 1.807) is 12.1 Å². The molecule has 0 atom stereocenters. The van der Waals surface area contributed by atoms with Crippen LogP contribution in [0.3, 0.4) is 0 Å². The van der Waals surface area contributed by atoms with Crippen LogP contribution in [0.4, 0.5) is 0 Å². The highest BCUT2D eigenvalue weighted by Crippen LogP contribution is 2.24. The summed E-state index contributed by atoms with van der Waals surface area (Å²) in [5, 5.41) is 3.28. The van der Waals surface area contributed by atoms with Gasteiger partial charge in [-0.05, 0) is 40.5 Å². The van der Waals surface area contributed by atoms with Gasteiger partial charge in [-0.2, -0.15) is 0 Å². The molecule has 0 spiro atoms. The second kappa shape index (κ2) is 5.33. The van der Waals surface area contributed by atoms with Gasteiger partial charge in [-0.3, -0.25) is 4.79 Å². The van der Waals surface area contributed by atoms with Crippen molar-refractivity contribution >= 4 is 33.4 Å². The molecular weight excluding hydrogens is 277 g/mol. The maximum absolute atomic E-state index is 11.6. The lowest BCUT2D eigenvalue weighted by molar-refractivity contribution is 0.0957. The molecule has 0 unspecified atom stereocenters. The fraction of sp³-hybridized carbons (Fsp3) is 0.182. The van der Waals surface area contributed by atoms with E-state index < -0.39 is 0 Å². The predicted octanol–water partition coefficient (Wildman–Crippen LogP) is 3.33. The quantitative estimate of drug-likeness (QED) is 0.849. The van der Waals surface area contributed by atoms with Crippen molar-refractivity contribution in [3.05, 3.63) is 45.4 Å². The number of rotatable bonds is 3. The lowest BCUT2D eigenvalue weighted by atomic mass is 10.1. The van der Waals surface area contributed by atoms with Gasteiger partial charge in [0.1, 0.15) is 0 Å². The molecule has 80 valence electrons. The molecule has 15 heavy (non-hydrogen) atoms. The van der Waals surface area contributed by atoms with Crippen LogP contribution in [0.15, 0.2) is 29.3 Å². The minimum Gasteiger partial charge on any atom is -0.349 e. The van der Waals surface area contributed by atoms with Gasteiger partial charge < -0.3 is 5.32 Å². The number of aryl methyl sites for hydroxylation is 1. The number of hydrogen-bond acceptors (Lipinski definition) is 1. The maximum atomic E-state index is 11.6. The van der Waals surface area contributed by atoms with Gasteiger partial charge in [0, 0.05) is 16.0 Å². The molecule has 0 fully saturated rings. The SMILES string of the molecule is C=CCNC(=O)c1cc(Cl)c(C)cc1Br. The molecular formula is C11H11BrClNO. The summed E-state index contributed by atoms with van der Waals surface area (Å²) >= 11 is 9.27. The second-order valence-electron chi connectivity index (χ2n) is 3.08. The van der Waals surface area contributed by atoms with E-state index >= 15 is 0 Å². The van der Waals surface area contributed by atoms with Gasteiger partial charge in [0.2, 0.25) is 0 Å². The Morgan fingerprint density at radius 3 is 2.93 bits per heavy atom. The number of nitrogens with one attached hydrogen (secondary N) is 1. The van der Waals surface area contributed by atoms with Crippen molar-refractivity contribution in [1.29, 1.82) is 0 Å². The van der Waals surface area contributed by atoms with Gasteiger partial charge in [-0.1, -0.05) is 17.7 Å². The summed E-state index contributed by atoms with van der Waals surface area (Å²) in [6, 6.07) is 3.48. The van der Waals surface area contributed by atoms with Crippen molar-refractivity contribution in [1.82, 2.24) is 5.32 Å². The van der Waals surface area contributed by atoms with Crippen LogP contribution >= 0.6 is 27.5 Å². The Balaban J connectivity index is 2.98. The van der Waals surface area contributed by atoms with E-state index in [2.05, 4.69) is 27.8 Å². The Labute approximate surface area is 102 Å². The zero-order valence-electron chi connectivity index (χ0n) is 8.31. The second-order valence-corrected chi connectivity index (χ2v) is 4.34. The number of hydrogen-bond donors (Lipinski definition) is 1. The number of benzene rings is 1. The summed E-state index contributed by atoms with van der Waals surface area (Å²) in [6.07, 6.45) is 1.63. The molecule has 0 saturated heterocycles. The third-order valence-electron chi connectivity index (χ3n) is 1.90. The molecule has 1 aromatic carbocycles. The maximum Gasteiger partial charge on any atom is 0.252 e. The van der Waals surface area contributed by atoms with Crippen LogP contribution in [0.2, 0.25) is 5.02 Å². The fourth-order valence-electron chi connectivity index (χ4n) is 1.08. The van der Waals surface area contributed by atoms with Gasteiger partial charge in [-0.25, -0.2) is 0 Å². The van der Waals surface area contributed by atoms with Gasteiger partial charge >= 0.3 is 0 Å². The van der Waals surface area contributed by atoms with Crippen molar-refractivity contribution < 1.29 is 4.79 Å². The van der Waals surface area contributed by atoms with Crippen molar-refractivity contribution in [2.24, 2.45) is 0 Å². The Kier molecular flexibility index (Phi) is 4.36. The monoisotopic (exact) mass is 287 g/mol. The summed E-state index contributed by atoms with van der Waals surface area (Å²) in [7, 11) is 0.